The largest absolute Gasteiger partial charge is 0.394 e. The third kappa shape index (κ3) is 2.74. The summed E-state index contributed by atoms with van der Waals surface area (Å²) in [6.45, 7) is 2.82. The second kappa shape index (κ2) is 4.84. The van der Waals surface area contributed by atoms with E-state index in [0.717, 1.165) is 19.4 Å². The van der Waals surface area contributed by atoms with E-state index in [2.05, 4.69) is 22.2 Å². The molecule has 6 heteroatoms. The molecule has 0 amide bonds. The first-order valence-corrected chi connectivity index (χ1v) is 5.69. The van der Waals surface area contributed by atoms with E-state index in [1.165, 1.54) is 6.20 Å². The Balaban J connectivity index is 2.05. The van der Waals surface area contributed by atoms with Crippen molar-refractivity contribution < 1.29 is 4.74 Å². The molecule has 2 atom stereocenters. The Bertz CT molecular complexity index is 374. The van der Waals surface area contributed by atoms with Crippen molar-refractivity contribution in [3.63, 3.8) is 0 Å². The van der Waals surface area contributed by atoms with Gasteiger partial charge >= 0.3 is 0 Å². The highest BCUT2D eigenvalue weighted by Gasteiger charge is 2.20. The Labute approximate surface area is 99.4 Å². The first-order chi connectivity index (χ1) is 7.65. The van der Waals surface area contributed by atoms with Crippen LogP contribution < -0.4 is 11.1 Å². The number of nitrogens with two attached hydrogens (primary N) is 1. The van der Waals surface area contributed by atoms with Crippen molar-refractivity contribution in [2.24, 2.45) is 0 Å². The van der Waals surface area contributed by atoms with Gasteiger partial charge in [-0.05, 0) is 31.4 Å². The van der Waals surface area contributed by atoms with Crippen LogP contribution in [0.15, 0.2) is 6.20 Å². The lowest BCUT2D eigenvalue weighted by atomic mass is 10.0. The van der Waals surface area contributed by atoms with E-state index in [9.17, 15) is 0 Å². The van der Waals surface area contributed by atoms with E-state index >= 15 is 0 Å². The number of hydrogen-bond acceptors (Lipinski definition) is 5. The normalized spacial score (nSPS) is 25.4. The van der Waals surface area contributed by atoms with Crippen LogP contribution in [0.3, 0.4) is 0 Å². The molecule has 0 radical (unpaired) electrons. The van der Waals surface area contributed by atoms with Crippen molar-refractivity contribution in [1.82, 2.24) is 9.97 Å². The summed E-state index contributed by atoms with van der Waals surface area (Å²) >= 11 is 5.72. The van der Waals surface area contributed by atoms with Gasteiger partial charge in [-0.3, -0.25) is 0 Å². The molecule has 0 saturated carbocycles. The minimum atomic E-state index is 0.205. The molecule has 2 rings (SSSR count). The lowest BCUT2D eigenvalue weighted by Crippen LogP contribution is -2.33. The van der Waals surface area contributed by atoms with E-state index in [0.29, 0.717) is 17.5 Å². The van der Waals surface area contributed by atoms with Crippen LogP contribution in [-0.4, -0.2) is 28.7 Å². The number of nitrogens with one attached hydrogen (secondary N) is 1. The van der Waals surface area contributed by atoms with Gasteiger partial charge in [0.2, 0.25) is 5.28 Å². The number of halogens is 1. The molecule has 1 aromatic rings. The Hall–Kier alpha value is -1.07. The average Bonchev–Trinajstić information content (AvgIpc) is 2.24. The third-order valence-corrected chi connectivity index (χ3v) is 2.80. The fourth-order valence-corrected chi connectivity index (χ4v) is 1.94. The highest BCUT2D eigenvalue weighted by molar-refractivity contribution is 6.28. The second-order valence-corrected chi connectivity index (χ2v) is 4.33. The van der Waals surface area contributed by atoms with Crippen molar-refractivity contribution in [2.75, 3.05) is 17.7 Å². The summed E-state index contributed by atoms with van der Waals surface area (Å²) in [5.74, 6) is 0.610. The van der Waals surface area contributed by atoms with Gasteiger partial charge in [0.1, 0.15) is 0 Å². The molecule has 1 aromatic heterocycles. The van der Waals surface area contributed by atoms with E-state index in [-0.39, 0.29) is 11.4 Å². The van der Waals surface area contributed by atoms with Gasteiger partial charge in [-0.15, -0.1) is 0 Å². The summed E-state index contributed by atoms with van der Waals surface area (Å²) in [5, 5.41) is 3.49. The van der Waals surface area contributed by atoms with Crippen LogP contribution in [0.2, 0.25) is 5.28 Å². The number of nitrogens with zero attached hydrogens (tertiary/aromatic N) is 2. The Morgan fingerprint density at radius 1 is 1.62 bits per heavy atom. The van der Waals surface area contributed by atoms with E-state index in [1.807, 2.05) is 0 Å². The van der Waals surface area contributed by atoms with Gasteiger partial charge < -0.3 is 15.8 Å². The van der Waals surface area contributed by atoms with Crippen molar-refractivity contribution in [3.8, 4) is 0 Å². The molecule has 1 aliphatic heterocycles. The first kappa shape index (κ1) is 11.4. The summed E-state index contributed by atoms with van der Waals surface area (Å²) in [6, 6.07) is 0.331. The molecule has 1 fully saturated rings. The van der Waals surface area contributed by atoms with Gasteiger partial charge in [0, 0.05) is 12.6 Å². The first-order valence-electron chi connectivity index (χ1n) is 5.31. The Morgan fingerprint density at radius 3 is 3.19 bits per heavy atom. The lowest BCUT2D eigenvalue weighted by Gasteiger charge is -2.28. The molecule has 0 aromatic carbocycles. The topological polar surface area (TPSA) is 73.1 Å². The third-order valence-electron chi connectivity index (χ3n) is 2.61. The molecule has 88 valence electrons. The van der Waals surface area contributed by atoms with Crippen molar-refractivity contribution in [3.05, 3.63) is 11.5 Å². The molecule has 0 aliphatic carbocycles. The summed E-state index contributed by atoms with van der Waals surface area (Å²) in [6.07, 6.45) is 3.68. The highest BCUT2D eigenvalue weighted by atomic mass is 35.5. The molecular weight excluding hydrogens is 228 g/mol. The number of nitrogen functional groups attached to an aromatic ring is 1. The van der Waals surface area contributed by atoms with Crippen LogP contribution in [-0.2, 0) is 4.74 Å². The maximum atomic E-state index is 5.76. The molecule has 2 unspecified atom stereocenters. The summed E-state index contributed by atoms with van der Waals surface area (Å²) < 4.78 is 5.47. The smallest absolute Gasteiger partial charge is 0.224 e. The zero-order valence-corrected chi connectivity index (χ0v) is 9.87. The summed E-state index contributed by atoms with van der Waals surface area (Å²) in [4.78, 5) is 7.88. The van der Waals surface area contributed by atoms with Crippen molar-refractivity contribution >= 4 is 23.1 Å². The van der Waals surface area contributed by atoms with E-state index in [1.54, 1.807) is 0 Å². The minimum absolute atomic E-state index is 0.205. The van der Waals surface area contributed by atoms with Crippen LogP contribution in [0.1, 0.15) is 19.8 Å². The zero-order chi connectivity index (χ0) is 11.5. The number of ether oxygens (including phenoxy) is 1. The summed E-state index contributed by atoms with van der Waals surface area (Å²) in [5.41, 5.74) is 6.28. The Kier molecular flexibility index (Phi) is 3.46. The quantitative estimate of drug-likeness (QED) is 0.773. The molecule has 2 heterocycles. The van der Waals surface area contributed by atoms with Gasteiger partial charge in [0.05, 0.1) is 18.0 Å². The monoisotopic (exact) mass is 242 g/mol. The molecule has 16 heavy (non-hydrogen) atoms. The number of aromatic nitrogens is 2. The fourth-order valence-electron chi connectivity index (χ4n) is 1.81. The molecule has 0 bridgehead atoms. The zero-order valence-electron chi connectivity index (χ0n) is 9.11. The highest BCUT2D eigenvalue weighted by Crippen LogP contribution is 2.21. The van der Waals surface area contributed by atoms with Gasteiger partial charge in [-0.1, -0.05) is 0 Å². The minimum Gasteiger partial charge on any atom is -0.394 e. The van der Waals surface area contributed by atoms with Crippen LogP contribution >= 0.6 is 11.6 Å². The van der Waals surface area contributed by atoms with E-state index < -0.39 is 0 Å². The Morgan fingerprint density at radius 2 is 2.44 bits per heavy atom. The fraction of sp³-hybridized carbons (Fsp3) is 0.600. The molecule has 1 aliphatic rings. The predicted octanol–water partition coefficient (Wildman–Crippen LogP) is 1.69. The van der Waals surface area contributed by atoms with Crippen molar-refractivity contribution in [2.45, 2.75) is 31.9 Å². The predicted molar refractivity (Wildman–Crippen MR) is 63.5 cm³/mol. The molecule has 5 nitrogen and oxygen atoms in total. The van der Waals surface area contributed by atoms with Crippen LogP contribution in [0.5, 0.6) is 0 Å². The van der Waals surface area contributed by atoms with Gasteiger partial charge in [0.15, 0.2) is 5.82 Å². The van der Waals surface area contributed by atoms with E-state index in [4.69, 9.17) is 22.1 Å². The molecule has 0 spiro atoms. The van der Waals surface area contributed by atoms with Gasteiger partial charge in [-0.25, -0.2) is 4.98 Å². The standard InChI is InChI=1S/C10H15ClN4O/c1-6-4-7(2-3-16-6)14-9-8(12)5-13-10(11)15-9/h5-7H,2-4,12H2,1H3,(H,13,14,15). The number of rotatable bonds is 2. The second-order valence-electron chi connectivity index (χ2n) is 3.99. The summed E-state index contributed by atoms with van der Waals surface area (Å²) in [7, 11) is 0. The maximum absolute atomic E-state index is 5.76. The number of hydrogen-bond donors (Lipinski definition) is 2. The average molecular weight is 243 g/mol. The van der Waals surface area contributed by atoms with Gasteiger partial charge in [-0.2, -0.15) is 4.98 Å². The van der Waals surface area contributed by atoms with Gasteiger partial charge in [0.25, 0.3) is 0 Å². The van der Waals surface area contributed by atoms with Crippen LogP contribution in [0, 0.1) is 0 Å². The lowest BCUT2D eigenvalue weighted by molar-refractivity contribution is 0.0232. The molecular formula is C10H15ClN4O. The maximum Gasteiger partial charge on any atom is 0.224 e. The van der Waals surface area contributed by atoms with Crippen molar-refractivity contribution in [1.29, 1.82) is 0 Å². The number of anilines is 2. The van der Waals surface area contributed by atoms with Crippen LogP contribution in [0.25, 0.3) is 0 Å². The molecule has 1 saturated heterocycles. The molecule has 3 N–H and O–H groups in total. The van der Waals surface area contributed by atoms with Crippen LogP contribution in [0.4, 0.5) is 11.5 Å². The SMILES string of the molecule is CC1CC(Nc2nc(Cl)ncc2N)CCO1.